The normalized spacial score (nSPS) is 19.6. The average molecular weight is 292 g/mol. The summed E-state index contributed by atoms with van der Waals surface area (Å²) in [6, 6.07) is 5.61. The summed E-state index contributed by atoms with van der Waals surface area (Å²) in [6.45, 7) is 8.59. The van der Waals surface area contributed by atoms with Crippen molar-refractivity contribution in [2.45, 2.75) is 52.5 Å². The van der Waals surface area contributed by atoms with Crippen molar-refractivity contribution in [1.82, 2.24) is 5.32 Å². The molecule has 1 aromatic rings. The van der Waals surface area contributed by atoms with E-state index in [9.17, 15) is 4.39 Å². The molecule has 118 valence electrons. The monoisotopic (exact) mass is 292 g/mol. The molecule has 21 heavy (non-hydrogen) atoms. The number of hydrogen-bond donors (Lipinski definition) is 1. The molecule has 1 aliphatic heterocycles. The third-order valence-electron chi connectivity index (χ3n) is 5.56. The number of nitrogens with zero attached hydrogens (tertiary/aromatic N) is 1. The van der Waals surface area contributed by atoms with Crippen LogP contribution in [0.25, 0.3) is 0 Å². The maximum atomic E-state index is 14.4. The quantitative estimate of drug-likeness (QED) is 0.859. The van der Waals surface area contributed by atoms with Crippen molar-refractivity contribution in [2.24, 2.45) is 5.41 Å². The van der Waals surface area contributed by atoms with Crippen LogP contribution in [0.15, 0.2) is 18.2 Å². The molecule has 1 unspecified atom stereocenters. The summed E-state index contributed by atoms with van der Waals surface area (Å²) in [4.78, 5) is 2.25. The van der Waals surface area contributed by atoms with E-state index in [-0.39, 0.29) is 11.9 Å². The fraction of sp³-hybridized carbons (Fsp3) is 0.667. The van der Waals surface area contributed by atoms with Gasteiger partial charge in [-0.15, -0.1) is 0 Å². The molecule has 1 atom stereocenters. The number of anilines is 1. The van der Waals surface area contributed by atoms with E-state index in [0.717, 1.165) is 24.3 Å². The second kappa shape index (κ2) is 6.78. The fourth-order valence-electron chi connectivity index (χ4n) is 3.53. The predicted molar refractivity (Wildman–Crippen MR) is 88.3 cm³/mol. The minimum atomic E-state index is -0.0879. The molecule has 0 amide bonds. The molecule has 0 bridgehead atoms. The summed E-state index contributed by atoms with van der Waals surface area (Å²) in [5.41, 5.74) is 2.34. The Labute approximate surface area is 128 Å². The van der Waals surface area contributed by atoms with E-state index in [1.165, 1.54) is 25.7 Å². The summed E-state index contributed by atoms with van der Waals surface area (Å²) in [5.74, 6) is -0.0879. The highest BCUT2D eigenvalue weighted by atomic mass is 19.1. The van der Waals surface area contributed by atoms with Crippen LogP contribution in [0.1, 0.15) is 58.1 Å². The van der Waals surface area contributed by atoms with Crippen molar-refractivity contribution < 1.29 is 4.39 Å². The van der Waals surface area contributed by atoms with E-state index >= 15 is 0 Å². The zero-order valence-corrected chi connectivity index (χ0v) is 13.9. The van der Waals surface area contributed by atoms with Gasteiger partial charge in [0.05, 0.1) is 5.69 Å². The molecule has 0 saturated carbocycles. The van der Waals surface area contributed by atoms with Crippen molar-refractivity contribution in [2.75, 3.05) is 25.0 Å². The Bertz CT molecular complexity index is 458. The highest BCUT2D eigenvalue weighted by Gasteiger charge is 2.32. The minimum absolute atomic E-state index is 0.0879. The Balaban J connectivity index is 2.24. The summed E-state index contributed by atoms with van der Waals surface area (Å²) >= 11 is 0. The van der Waals surface area contributed by atoms with Gasteiger partial charge in [-0.25, -0.2) is 4.39 Å². The predicted octanol–water partition coefficient (Wildman–Crippen LogP) is 4.51. The van der Waals surface area contributed by atoms with Gasteiger partial charge in [0, 0.05) is 19.1 Å². The third-order valence-corrected chi connectivity index (χ3v) is 5.56. The molecule has 1 saturated heterocycles. The number of halogens is 1. The maximum absolute atomic E-state index is 14.4. The zero-order chi connectivity index (χ0) is 15.5. The number of para-hydroxylation sites is 1. The summed E-state index contributed by atoms with van der Waals surface area (Å²) in [5, 5.41) is 3.23. The lowest BCUT2D eigenvalue weighted by molar-refractivity contribution is 0.199. The summed E-state index contributed by atoms with van der Waals surface area (Å²) in [6.07, 6.45) is 4.80. The topological polar surface area (TPSA) is 15.3 Å². The molecule has 1 heterocycles. The van der Waals surface area contributed by atoms with E-state index in [4.69, 9.17) is 0 Å². The highest BCUT2D eigenvalue weighted by Crippen LogP contribution is 2.40. The second-order valence-corrected chi connectivity index (χ2v) is 6.38. The van der Waals surface area contributed by atoms with Crippen LogP contribution in [-0.2, 0) is 0 Å². The van der Waals surface area contributed by atoms with Gasteiger partial charge in [-0.1, -0.05) is 38.8 Å². The van der Waals surface area contributed by atoms with E-state index in [1.807, 2.05) is 19.2 Å². The van der Waals surface area contributed by atoms with Gasteiger partial charge in [-0.2, -0.15) is 0 Å². The molecule has 0 aromatic heterocycles. The molecule has 1 N–H and O–H groups in total. The van der Waals surface area contributed by atoms with Crippen molar-refractivity contribution in [1.29, 1.82) is 0 Å². The highest BCUT2D eigenvalue weighted by molar-refractivity contribution is 5.56. The van der Waals surface area contributed by atoms with Crippen molar-refractivity contribution in [3.63, 3.8) is 0 Å². The molecule has 1 fully saturated rings. The summed E-state index contributed by atoms with van der Waals surface area (Å²) < 4.78 is 14.4. The Morgan fingerprint density at radius 1 is 1.24 bits per heavy atom. The van der Waals surface area contributed by atoms with Crippen LogP contribution >= 0.6 is 0 Å². The van der Waals surface area contributed by atoms with E-state index in [2.05, 4.69) is 31.0 Å². The zero-order valence-electron chi connectivity index (χ0n) is 13.9. The first-order chi connectivity index (χ1) is 10.1. The molecule has 0 radical (unpaired) electrons. The van der Waals surface area contributed by atoms with Crippen molar-refractivity contribution in [3.8, 4) is 0 Å². The first kappa shape index (κ1) is 16.3. The Hall–Kier alpha value is -1.09. The van der Waals surface area contributed by atoms with Crippen LogP contribution in [0.4, 0.5) is 10.1 Å². The number of benzene rings is 1. The molecular weight excluding hydrogens is 263 g/mol. The van der Waals surface area contributed by atoms with Crippen LogP contribution < -0.4 is 10.2 Å². The van der Waals surface area contributed by atoms with Gasteiger partial charge in [-0.3, -0.25) is 0 Å². The lowest BCUT2D eigenvalue weighted by Gasteiger charge is -2.42. The van der Waals surface area contributed by atoms with E-state index in [1.54, 1.807) is 6.07 Å². The first-order valence-electron chi connectivity index (χ1n) is 8.27. The molecule has 1 aromatic carbocycles. The third kappa shape index (κ3) is 3.23. The average Bonchev–Trinajstić information content (AvgIpc) is 2.54. The molecule has 2 nitrogen and oxygen atoms in total. The number of hydrogen-bond acceptors (Lipinski definition) is 2. The largest absolute Gasteiger partial charge is 0.369 e. The number of piperidine rings is 1. The van der Waals surface area contributed by atoms with Gasteiger partial charge >= 0.3 is 0 Å². The molecular formula is C18H29FN2. The summed E-state index contributed by atoms with van der Waals surface area (Å²) in [7, 11) is 1.93. The lowest BCUT2D eigenvalue weighted by atomic mass is 9.74. The van der Waals surface area contributed by atoms with Crippen molar-refractivity contribution in [3.05, 3.63) is 29.6 Å². The molecule has 0 spiro atoms. The molecule has 3 heteroatoms. The Kier molecular flexibility index (Phi) is 5.26. The SMILES string of the molecule is CCC1(CC)CCN(c2c(F)cccc2C(C)NC)CC1. The van der Waals surface area contributed by atoms with Crippen LogP contribution in [0.3, 0.4) is 0 Å². The van der Waals surface area contributed by atoms with Gasteiger partial charge in [0.2, 0.25) is 0 Å². The Morgan fingerprint density at radius 3 is 2.38 bits per heavy atom. The van der Waals surface area contributed by atoms with Crippen LogP contribution in [0.2, 0.25) is 0 Å². The van der Waals surface area contributed by atoms with Gasteiger partial charge < -0.3 is 10.2 Å². The standard InChI is InChI=1S/C18H29FN2/c1-5-18(6-2)10-12-21(13-11-18)17-15(14(3)20-4)8-7-9-16(17)19/h7-9,14,20H,5-6,10-13H2,1-4H3. The van der Waals surface area contributed by atoms with Gasteiger partial charge in [0.15, 0.2) is 0 Å². The number of rotatable bonds is 5. The van der Waals surface area contributed by atoms with Gasteiger partial charge in [0.1, 0.15) is 5.82 Å². The van der Waals surface area contributed by atoms with Crippen LogP contribution in [0.5, 0.6) is 0 Å². The fourth-order valence-corrected chi connectivity index (χ4v) is 3.53. The van der Waals surface area contributed by atoms with Gasteiger partial charge in [0.25, 0.3) is 0 Å². The second-order valence-electron chi connectivity index (χ2n) is 6.38. The van der Waals surface area contributed by atoms with E-state index < -0.39 is 0 Å². The first-order valence-corrected chi connectivity index (χ1v) is 8.27. The smallest absolute Gasteiger partial charge is 0.146 e. The van der Waals surface area contributed by atoms with Crippen LogP contribution in [-0.4, -0.2) is 20.1 Å². The van der Waals surface area contributed by atoms with E-state index in [0.29, 0.717) is 5.41 Å². The molecule has 1 aliphatic rings. The van der Waals surface area contributed by atoms with Crippen molar-refractivity contribution >= 4 is 5.69 Å². The Morgan fingerprint density at radius 2 is 1.86 bits per heavy atom. The van der Waals surface area contributed by atoms with Gasteiger partial charge in [-0.05, 0) is 43.9 Å². The number of nitrogens with one attached hydrogen (secondary N) is 1. The lowest BCUT2D eigenvalue weighted by Crippen LogP contribution is -2.40. The minimum Gasteiger partial charge on any atom is -0.369 e. The molecule has 2 rings (SSSR count). The molecule has 0 aliphatic carbocycles. The maximum Gasteiger partial charge on any atom is 0.146 e. The van der Waals surface area contributed by atoms with Crippen LogP contribution in [0, 0.1) is 11.2 Å².